The largest absolute Gasteiger partial charge is 1.00 e. The molecule has 0 aliphatic carbocycles. The lowest BCUT2D eigenvalue weighted by atomic mass is 10.1. The van der Waals surface area contributed by atoms with Crippen molar-refractivity contribution in [3.63, 3.8) is 0 Å². The molecule has 0 amide bonds. The van der Waals surface area contributed by atoms with Crippen molar-refractivity contribution in [1.82, 2.24) is 0 Å². The van der Waals surface area contributed by atoms with Gasteiger partial charge in [-0.2, -0.15) is 0 Å². The van der Waals surface area contributed by atoms with Crippen LogP contribution in [-0.4, -0.2) is 97.1 Å². The van der Waals surface area contributed by atoms with Gasteiger partial charge in [-0.15, -0.1) is 0 Å². The van der Waals surface area contributed by atoms with Gasteiger partial charge in [0.2, 0.25) is 0 Å². The summed E-state index contributed by atoms with van der Waals surface area (Å²) < 4.78 is 0. The van der Waals surface area contributed by atoms with Crippen LogP contribution in [0, 0.1) is 0 Å². The number of carboxylic acids is 2. The van der Waals surface area contributed by atoms with Gasteiger partial charge >= 0.3 is 0 Å². The molecule has 0 saturated carbocycles. The lowest BCUT2D eigenvalue weighted by molar-refractivity contribution is -0.323. The maximum atomic E-state index is 9.58. The van der Waals surface area contributed by atoms with E-state index in [4.69, 9.17) is 5.11 Å². The number of hydrogen-bond acceptors (Lipinski definition) is 5. The van der Waals surface area contributed by atoms with E-state index in [9.17, 15) is 19.8 Å². The first-order valence-electron chi connectivity index (χ1n) is 50.4. The maximum Gasteiger partial charge on any atom is 0.0985 e. The molecule has 0 spiro atoms. The van der Waals surface area contributed by atoms with E-state index >= 15 is 0 Å². The number of aliphatic carboxylic acids is 2. The first kappa shape index (κ1) is 118. The molecule has 0 bridgehead atoms. The molecular formula is C100H208BrO5P3. The summed E-state index contributed by atoms with van der Waals surface area (Å²) in [5.41, 5.74) is 0. The number of carbonyl (C=O) groups is 2. The zero-order chi connectivity index (χ0) is 80.3. The number of carboxylic acid groups (broad SMARTS) is 2. The second-order valence-corrected chi connectivity index (χ2v) is 48.7. The van der Waals surface area contributed by atoms with E-state index in [2.05, 4.69) is 83.1 Å². The summed E-state index contributed by atoms with van der Waals surface area (Å²) >= 11 is 0. The lowest BCUT2D eigenvalue weighted by Crippen LogP contribution is -3.00. The molecule has 1 unspecified atom stereocenters. The molecule has 0 aliphatic heterocycles. The molecular weight excluding hydrogens is 1450 g/mol. The van der Waals surface area contributed by atoms with Crippen molar-refractivity contribution in [2.75, 3.05) is 73.9 Å². The summed E-state index contributed by atoms with van der Waals surface area (Å²) in [6.45, 7) is 28.1. The highest BCUT2D eigenvalue weighted by Gasteiger charge is 2.37. The number of aliphatic hydroxyl groups is 1. The third-order valence-electron chi connectivity index (χ3n) is 24.5. The molecule has 1 atom stereocenters. The van der Waals surface area contributed by atoms with Gasteiger partial charge < -0.3 is 41.9 Å². The van der Waals surface area contributed by atoms with Crippen LogP contribution in [0.5, 0.6) is 0 Å². The Bertz CT molecular complexity index is 1300. The fourth-order valence-corrected chi connectivity index (χ4v) is 31.7. The average molecular weight is 1660 g/mol. The SMILES string of the molecule is CCCCCCCC[P+](CCCCCCCC)(CCCCCCCC)CCCCCCCC.CCCCCCCC[P+](CCCCCCCC)(CCCCCCCC)CCCCCCCC.CCCCCCCC[P+](CCCCCCCC)(CCCCCCCC)CCCCCCCC.O=C([O-])CC(O)C(=O)[O-].[Br-]. The van der Waals surface area contributed by atoms with Crippen molar-refractivity contribution < 1.29 is 41.9 Å². The first-order valence-corrected chi connectivity index (χ1v) is 58.0. The minimum atomic E-state index is -1.96. The summed E-state index contributed by atoms with van der Waals surface area (Å²) in [6, 6.07) is 0. The molecule has 0 aliphatic rings. The van der Waals surface area contributed by atoms with Crippen molar-refractivity contribution in [2.45, 2.75) is 558 Å². The van der Waals surface area contributed by atoms with Gasteiger partial charge in [-0.05, 0) is 154 Å². The molecule has 109 heavy (non-hydrogen) atoms. The Morgan fingerprint density at radius 1 is 0.193 bits per heavy atom. The van der Waals surface area contributed by atoms with Gasteiger partial charge in [-0.25, -0.2) is 0 Å². The summed E-state index contributed by atoms with van der Waals surface area (Å²) in [5, 5.41) is 27.3. The number of rotatable bonds is 87. The van der Waals surface area contributed by atoms with E-state index in [0.29, 0.717) is 0 Å². The molecule has 660 valence electrons. The normalized spacial score (nSPS) is 11.9. The van der Waals surface area contributed by atoms with Crippen molar-refractivity contribution >= 4 is 33.7 Å². The van der Waals surface area contributed by atoms with Crippen LogP contribution in [0.4, 0.5) is 0 Å². The van der Waals surface area contributed by atoms with E-state index in [1.54, 1.807) is 151 Å². The molecule has 1 N–H and O–H groups in total. The zero-order valence-electron chi connectivity index (χ0n) is 77.5. The number of hydrogen-bond donors (Lipinski definition) is 1. The smallest absolute Gasteiger partial charge is 0.0985 e. The van der Waals surface area contributed by atoms with Crippen LogP contribution in [0.15, 0.2) is 0 Å². The molecule has 0 aromatic heterocycles. The Kier molecular flexibility index (Phi) is 108. The standard InChI is InChI=1S/3C32H68P.C4H6O5.BrH/c3*1-5-9-13-17-21-25-29-33(30-26-22-18-14-10-6-2,31-27-23-19-15-11-7-3)32-28-24-20-16-12-8-4;5-2(4(8)9)1-3(6)7;/h3*5-32H2,1-4H3;2,5H,1H2,(H,6,7)(H,8,9);1H/q3*+1;;/p-3. The molecule has 0 saturated heterocycles. The Labute approximate surface area is 702 Å². The van der Waals surface area contributed by atoms with E-state index in [-0.39, 0.29) is 17.0 Å². The van der Waals surface area contributed by atoms with Crippen molar-refractivity contribution in [2.24, 2.45) is 0 Å². The summed E-state index contributed by atoms with van der Waals surface area (Å²) in [4.78, 5) is 19.1. The number of unbranched alkanes of at least 4 members (excludes halogenated alkanes) is 60. The van der Waals surface area contributed by atoms with E-state index in [1.807, 2.05) is 0 Å². The average Bonchev–Trinajstić information content (AvgIpc) is 0.885. The van der Waals surface area contributed by atoms with Gasteiger partial charge in [0.15, 0.2) is 0 Å². The van der Waals surface area contributed by atoms with Crippen molar-refractivity contribution in [3.05, 3.63) is 0 Å². The van der Waals surface area contributed by atoms with E-state index < -0.39 is 46.3 Å². The van der Waals surface area contributed by atoms with Crippen LogP contribution in [0.25, 0.3) is 0 Å². The third-order valence-corrected chi connectivity index (χ3v) is 39.6. The summed E-state index contributed by atoms with van der Waals surface area (Å²) in [5.74, 6) is -3.43. The van der Waals surface area contributed by atoms with Gasteiger partial charge in [-0.3, -0.25) is 0 Å². The quantitative estimate of drug-likeness (QED) is 0.0483. The first-order chi connectivity index (χ1) is 52.8. The number of halogens is 1. The fourth-order valence-electron chi connectivity index (χ4n) is 17.0. The van der Waals surface area contributed by atoms with Crippen LogP contribution >= 0.6 is 21.8 Å². The second-order valence-electron chi connectivity index (χ2n) is 35.3. The van der Waals surface area contributed by atoms with E-state index in [0.717, 1.165) is 0 Å². The molecule has 9 heteroatoms. The molecule has 5 nitrogen and oxygen atoms in total. The topological polar surface area (TPSA) is 100 Å². The molecule has 0 aromatic rings. The lowest BCUT2D eigenvalue weighted by Gasteiger charge is -2.28. The molecule has 0 rings (SSSR count). The highest BCUT2D eigenvalue weighted by Crippen LogP contribution is 2.64. The predicted octanol–water partition coefficient (Wildman–Crippen LogP) is 30.6. The van der Waals surface area contributed by atoms with E-state index in [1.165, 1.54) is 385 Å². The van der Waals surface area contributed by atoms with Crippen LogP contribution in [-0.2, 0) is 9.59 Å². The zero-order valence-corrected chi connectivity index (χ0v) is 81.8. The third kappa shape index (κ3) is 90.8. The van der Waals surface area contributed by atoms with Gasteiger partial charge in [0.25, 0.3) is 0 Å². The molecule has 0 heterocycles. The highest BCUT2D eigenvalue weighted by atomic mass is 79.9. The predicted molar refractivity (Wildman–Crippen MR) is 500 cm³/mol. The molecule has 0 aromatic carbocycles. The Hall–Kier alpha value is 0.670. The van der Waals surface area contributed by atoms with Crippen LogP contribution in [0.3, 0.4) is 0 Å². The minimum absolute atomic E-state index is 0. The molecule has 0 fully saturated rings. The second kappa shape index (κ2) is 99.2. The number of carbonyl (C=O) groups excluding carboxylic acids is 2. The minimum Gasteiger partial charge on any atom is -1.00 e. The van der Waals surface area contributed by atoms with Crippen LogP contribution < -0.4 is 27.2 Å². The van der Waals surface area contributed by atoms with Gasteiger partial charge in [0.05, 0.1) is 86.0 Å². The number of aliphatic hydroxyl groups excluding tert-OH is 1. The Balaban J connectivity index is -0.000000466. The van der Waals surface area contributed by atoms with Crippen LogP contribution in [0.2, 0.25) is 0 Å². The Morgan fingerprint density at radius 2 is 0.284 bits per heavy atom. The summed E-state index contributed by atoms with van der Waals surface area (Å²) in [7, 11) is -2.16. The van der Waals surface area contributed by atoms with Gasteiger partial charge in [0, 0.05) is 34.2 Å². The van der Waals surface area contributed by atoms with Crippen molar-refractivity contribution in [3.8, 4) is 0 Å². The van der Waals surface area contributed by atoms with Crippen molar-refractivity contribution in [1.29, 1.82) is 0 Å². The monoisotopic (exact) mass is 1660 g/mol. The fraction of sp³-hybridized carbons (Fsp3) is 0.980. The maximum absolute atomic E-state index is 9.58. The van der Waals surface area contributed by atoms with Gasteiger partial charge in [0.1, 0.15) is 0 Å². The molecule has 0 radical (unpaired) electrons. The van der Waals surface area contributed by atoms with Crippen LogP contribution in [0.1, 0.15) is 552 Å². The summed E-state index contributed by atoms with van der Waals surface area (Å²) in [6.07, 6.45) is 124. The Morgan fingerprint density at radius 3 is 0.358 bits per heavy atom. The van der Waals surface area contributed by atoms with Gasteiger partial charge in [-0.1, -0.05) is 391 Å². The highest BCUT2D eigenvalue weighted by molar-refractivity contribution is 7.76.